The topological polar surface area (TPSA) is 46.2 Å². The summed E-state index contributed by atoms with van der Waals surface area (Å²) < 4.78 is 24.8. The zero-order chi connectivity index (χ0) is 11.8. The molecule has 0 spiro atoms. The first-order valence-corrected chi connectivity index (χ1v) is 8.12. The summed E-state index contributed by atoms with van der Waals surface area (Å²) in [7, 11) is -2.90. The lowest BCUT2D eigenvalue weighted by Gasteiger charge is -2.35. The smallest absolute Gasteiger partial charge is 0.157 e. The number of nitrogens with one attached hydrogen (secondary N) is 1. The Morgan fingerprint density at radius 3 is 2.69 bits per heavy atom. The quantitative estimate of drug-likeness (QED) is 0.765. The van der Waals surface area contributed by atoms with Gasteiger partial charge in [0.1, 0.15) is 0 Å². The molecule has 0 amide bonds. The van der Waals surface area contributed by atoms with Crippen LogP contribution in [0.25, 0.3) is 0 Å². The Morgan fingerprint density at radius 1 is 1.25 bits per heavy atom. The standard InChI is InChI=1S/C12H23NO2S/c1-3-10-4-5-11-12(8-10)16(14,15)9(2)6-7-13-11/h9-13H,3-8H2,1-2H3. The van der Waals surface area contributed by atoms with Crippen molar-refractivity contribution in [2.75, 3.05) is 6.54 Å². The van der Waals surface area contributed by atoms with Crippen LogP contribution >= 0.6 is 0 Å². The zero-order valence-corrected chi connectivity index (χ0v) is 11.1. The van der Waals surface area contributed by atoms with Crippen molar-refractivity contribution in [3.8, 4) is 0 Å². The molecule has 4 atom stereocenters. The van der Waals surface area contributed by atoms with E-state index in [4.69, 9.17) is 0 Å². The molecule has 1 saturated carbocycles. The molecule has 1 aliphatic carbocycles. The molecule has 0 bridgehead atoms. The summed E-state index contributed by atoms with van der Waals surface area (Å²) in [6.07, 6.45) is 4.99. The van der Waals surface area contributed by atoms with E-state index in [2.05, 4.69) is 12.2 Å². The van der Waals surface area contributed by atoms with Crippen molar-refractivity contribution in [1.29, 1.82) is 0 Å². The van der Waals surface area contributed by atoms with Crippen LogP contribution in [-0.2, 0) is 9.84 Å². The number of sulfone groups is 1. The van der Waals surface area contributed by atoms with Gasteiger partial charge >= 0.3 is 0 Å². The summed E-state index contributed by atoms with van der Waals surface area (Å²) in [4.78, 5) is 0. The average Bonchev–Trinajstić information content (AvgIpc) is 2.38. The molecule has 2 fully saturated rings. The number of rotatable bonds is 1. The fourth-order valence-corrected chi connectivity index (χ4v) is 5.39. The minimum Gasteiger partial charge on any atom is -0.313 e. The lowest BCUT2D eigenvalue weighted by molar-refractivity contribution is 0.292. The van der Waals surface area contributed by atoms with Crippen molar-refractivity contribution in [2.45, 2.75) is 62.5 Å². The Hall–Kier alpha value is -0.0900. The fraction of sp³-hybridized carbons (Fsp3) is 1.00. The van der Waals surface area contributed by atoms with Gasteiger partial charge in [-0.25, -0.2) is 8.42 Å². The van der Waals surface area contributed by atoms with Crippen molar-refractivity contribution in [3.63, 3.8) is 0 Å². The van der Waals surface area contributed by atoms with E-state index < -0.39 is 9.84 Å². The number of hydrogen-bond donors (Lipinski definition) is 1. The van der Waals surface area contributed by atoms with Gasteiger partial charge in [-0.05, 0) is 45.1 Å². The molecular formula is C12H23NO2S. The van der Waals surface area contributed by atoms with Crippen LogP contribution in [0, 0.1) is 5.92 Å². The molecular weight excluding hydrogens is 222 g/mol. The summed E-state index contributed by atoms with van der Waals surface area (Å²) in [5.41, 5.74) is 0. The van der Waals surface area contributed by atoms with Gasteiger partial charge < -0.3 is 5.32 Å². The molecule has 2 aliphatic rings. The summed E-state index contributed by atoms with van der Waals surface area (Å²) in [5.74, 6) is 0.614. The summed E-state index contributed by atoms with van der Waals surface area (Å²) in [6.45, 7) is 4.90. The third-order valence-corrected chi connectivity index (χ3v) is 7.14. The second kappa shape index (κ2) is 4.65. The van der Waals surface area contributed by atoms with Gasteiger partial charge in [-0.1, -0.05) is 13.3 Å². The van der Waals surface area contributed by atoms with E-state index in [0.717, 1.165) is 32.2 Å². The normalized spacial score (nSPS) is 43.4. The summed E-state index contributed by atoms with van der Waals surface area (Å²) in [5, 5.41) is 3.15. The van der Waals surface area contributed by atoms with E-state index >= 15 is 0 Å². The Kier molecular flexibility index (Phi) is 3.59. The van der Waals surface area contributed by atoms with Crippen LogP contribution in [-0.4, -0.2) is 31.5 Å². The highest BCUT2D eigenvalue weighted by molar-refractivity contribution is 7.92. The Labute approximate surface area is 98.9 Å². The predicted molar refractivity (Wildman–Crippen MR) is 66.2 cm³/mol. The molecule has 0 radical (unpaired) electrons. The highest BCUT2D eigenvalue weighted by Gasteiger charge is 2.42. The predicted octanol–water partition coefficient (Wildman–Crippen LogP) is 1.73. The van der Waals surface area contributed by atoms with Crippen LogP contribution in [0.15, 0.2) is 0 Å². The number of fused-ring (bicyclic) bond motifs is 1. The molecule has 0 aromatic heterocycles. The van der Waals surface area contributed by atoms with E-state index in [1.165, 1.54) is 6.42 Å². The molecule has 4 unspecified atom stereocenters. The molecule has 1 saturated heterocycles. The monoisotopic (exact) mass is 245 g/mol. The lowest BCUT2D eigenvalue weighted by Crippen LogP contribution is -2.47. The first-order valence-electron chi connectivity index (χ1n) is 6.51. The SMILES string of the molecule is CCC1CCC2NCCC(C)S(=O)(=O)C2C1. The van der Waals surface area contributed by atoms with Crippen molar-refractivity contribution in [1.82, 2.24) is 5.32 Å². The van der Waals surface area contributed by atoms with E-state index in [9.17, 15) is 8.42 Å². The molecule has 1 heterocycles. The molecule has 0 aromatic carbocycles. The van der Waals surface area contributed by atoms with E-state index in [-0.39, 0.29) is 16.5 Å². The van der Waals surface area contributed by atoms with Crippen LogP contribution in [0.2, 0.25) is 0 Å². The Morgan fingerprint density at radius 2 is 2.00 bits per heavy atom. The average molecular weight is 245 g/mol. The summed E-state index contributed by atoms with van der Waals surface area (Å²) in [6, 6.07) is 0.220. The van der Waals surface area contributed by atoms with Crippen molar-refractivity contribution in [3.05, 3.63) is 0 Å². The van der Waals surface area contributed by atoms with Crippen LogP contribution in [0.4, 0.5) is 0 Å². The van der Waals surface area contributed by atoms with E-state index in [0.29, 0.717) is 5.92 Å². The third-order valence-electron chi connectivity index (χ3n) is 4.42. The van der Waals surface area contributed by atoms with Gasteiger partial charge in [-0.3, -0.25) is 0 Å². The van der Waals surface area contributed by atoms with Gasteiger partial charge in [0.05, 0.1) is 10.5 Å². The molecule has 0 aromatic rings. The highest BCUT2D eigenvalue weighted by atomic mass is 32.2. The first kappa shape index (κ1) is 12.4. The van der Waals surface area contributed by atoms with Gasteiger partial charge in [0.2, 0.25) is 0 Å². The van der Waals surface area contributed by atoms with Gasteiger partial charge in [0, 0.05) is 6.04 Å². The molecule has 1 aliphatic heterocycles. The third kappa shape index (κ3) is 2.14. The second-order valence-corrected chi connectivity index (χ2v) is 7.96. The highest BCUT2D eigenvalue weighted by Crippen LogP contribution is 2.34. The van der Waals surface area contributed by atoms with Crippen molar-refractivity contribution in [2.24, 2.45) is 5.92 Å². The minimum atomic E-state index is -2.90. The molecule has 4 heteroatoms. The zero-order valence-electron chi connectivity index (χ0n) is 10.3. The maximum atomic E-state index is 12.4. The molecule has 16 heavy (non-hydrogen) atoms. The van der Waals surface area contributed by atoms with Gasteiger partial charge in [-0.2, -0.15) is 0 Å². The maximum Gasteiger partial charge on any atom is 0.157 e. The summed E-state index contributed by atoms with van der Waals surface area (Å²) >= 11 is 0. The minimum absolute atomic E-state index is 0.122. The Bertz CT molecular complexity index is 339. The van der Waals surface area contributed by atoms with Gasteiger partial charge in [0.15, 0.2) is 9.84 Å². The van der Waals surface area contributed by atoms with Crippen LogP contribution < -0.4 is 5.32 Å². The largest absolute Gasteiger partial charge is 0.313 e. The number of hydrogen-bond acceptors (Lipinski definition) is 3. The van der Waals surface area contributed by atoms with Crippen LogP contribution in [0.3, 0.4) is 0 Å². The first-order chi connectivity index (χ1) is 7.55. The van der Waals surface area contributed by atoms with Crippen molar-refractivity contribution < 1.29 is 8.42 Å². The fourth-order valence-electron chi connectivity index (χ4n) is 3.11. The lowest BCUT2D eigenvalue weighted by atomic mass is 9.84. The van der Waals surface area contributed by atoms with Gasteiger partial charge in [0.25, 0.3) is 0 Å². The maximum absolute atomic E-state index is 12.4. The molecule has 1 N–H and O–H groups in total. The Balaban J connectivity index is 2.23. The molecule has 2 rings (SSSR count). The molecule has 94 valence electrons. The van der Waals surface area contributed by atoms with E-state index in [1.807, 2.05) is 6.92 Å². The van der Waals surface area contributed by atoms with E-state index in [1.54, 1.807) is 0 Å². The van der Waals surface area contributed by atoms with Crippen molar-refractivity contribution >= 4 is 9.84 Å². The van der Waals surface area contributed by atoms with Crippen LogP contribution in [0.1, 0.15) is 46.0 Å². The van der Waals surface area contributed by atoms with Crippen LogP contribution in [0.5, 0.6) is 0 Å². The second-order valence-electron chi connectivity index (χ2n) is 5.37. The molecule has 3 nitrogen and oxygen atoms in total. The van der Waals surface area contributed by atoms with Gasteiger partial charge in [-0.15, -0.1) is 0 Å².